The number of anilines is 2. The van der Waals surface area contributed by atoms with Crippen molar-refractivity contribution in [1.29, 1.82) is 0 Å². The monoisotopic (exact) mass is 973 g/mol. The summed E-state index contributed by atoms with van der Waals surface area (Å²) in [4.78, 5) is 88.5. The quantitative estimate of drug-likeness (QED) is 0.124. The van der Waals surface area contributed by atoms with E-state index in [1.807, 2.05) is 24.0 Å². The number of nitrogens with zero attached hydrogens (tertiary/aromatic N) is 4. The van der Waals surface area contributed by atoms with Crippen LogP contribution >= 0.6 is 11.6 Å². The summed E-state index contributed by atoms with van der Waals surface area (Å²) in [7, 11) is 0. The Morgan fingerprint density at radius 1 is 0.829 bits per heavy atom. The molecule has 0 bridgehead atoms. The first-order chi connectivity index (χ1) is 33.9. The van der Waals surface area contributed by atoms with Gasteiger partial charge in [-0.3, -0.25) is 44.0 Å². The molecule has 2 saturated carbocycles. The van der Waals surface area contributed by atoms with Crippen molar-refractivity contribution in [3.63, 3.8) is 0 Å². The summed E-state index contributed by atoms with van der Waals surface area (Å²) in [6.45, 7) is 4.96. The molecule has 14 nitrogen and oxygen atoms in total. The normalized spacial score (nSPS) is 25.4. The summed E-state index contributed by atoms with van der Waals surface area (Å²) in [5.41, 5.74) is 3.71. The molecule has 70 heavy (non-hydrogen) atoms. The molecule has 5 heterocycles. The molecule has 3 N–H and O–H groups in total. The van der Waals surface area contributed by atoms with Crippen LogP contribution in [0.5, 0.6) is 5.75 Å². The molecule has 1 aromatic heterocycles. The molecule has 4 aliphatic heterocycles. The smallest absolute Gasteiger partial charge is 0.264 e. The number of pyridine rings is 1. The molecule has 1 unspecified atom stereocenters. The topological polar surface area (TPSA) is 170 Å². The summed E-state index contributed by atoms with van der Waals surface area (Å²) < 4.78 is 20.5. The van der Waals surface area contributed by atoms with E-state index in [1.54, 1.807) is 48.7 Å². The number of benzene rings is 3. The molecule has 3 saturated heterocycles. The minimum absolute atomic E-state index is 0.00764. The second-order valence-corrected chi connectivity index (χ2v) is 20.8. The van der Waals surface area contributed by atoms with Gasteiger partial charge < -0.3 is 25.2 Å². The van der Waals surface area contributed by atoms with Crippen LogP contribution in [-0.4, -0.2) is 106 Å². The van der Waals surface area contributed by atoms with Gasteiger partial charge >= 0.3 is 0 Å². The number of likely N-dealkylation sites (tertiary alicyclic amines) is 2. The third kappa shape index (κ3) is 9.88. The van der Waals surface area contributed by atoms with Crippen molar-refractivity contribution in [3.8, 4) is 5.75 Å². The summed E-state index contributed by atoms with van der Waals surface area (Å²) in [6, 6.07) is 16.8. The predicted octanol–water partition coefficient (Wildman–Crippen LogP) is 8.48. The lowest BCUT2D eigenvalue weighted by Crippen LogP contribution is -2.54. The van der Waals surface area contributed by atoms with Crippen LogP contribution in [-0.2, 0) is 19.2 Å². The van der Waals surface area contributed by atoms with Crippen LogP contribution in [0.15, 0.2) is 66.9 Å². The Hall–Kier alpha value is -5.93. The van der Waals surface area contributed by atoms with Crippen LogP contribution in [0.4, 0.5) is 15.8 Å². The van der Waals surface area contributed by atoms with Gasteiger partial charge in [-0.2, -0.15) is 0 Å². The van der Waals surface area contributed by atoms with Gasteiger partial charge in [0.25, 0.3) is 11.8 Å². The molecule has 2 atom stereocenters. The Balaban J connectivity index is 0.646. The lowest BCUT2D eigenvalue weighted by atomic mass is 9.73. The third-order valence-electron chi connectivity index (χ3n) is 16.2. The van der Waals surface area contributed by atoms with Crippen molar-refractivity contribution in [1.82, 2.24) is 25.0 Å². The SMILES string of the molecule is C[C@@H](C(=O)Nc1ccc(Cl)c(OC2CCN(C(=O)C3CCN(C4CCC(Nc5cccc6c5C(=O)N(C5CCC(=O)NC5=O)C6=O)CC4)CC3)CC2)c1)[C@H]1CC[C@@H](c2ccnc3ccc(F)cc32)CC1. The van der Waals surface area contributed by atoms with Crippen molar-refractivity contribution in [2.75, 3.05) is 36.8 Å². The van der Waals surface area contributed by atoms with E-state index in [1.165, 1.54) is 6.07 Å². The highest BCUT2D eigenvalue weighted by Crippen LogP contribution is 2.42. The molecule has 16 heteroatoms. The van der Waals surface area contributed by atoms with Crippen LogP contribution in [0.1, 0.15) is 129 Å². The molecule has 0 radical (unpaired) electrons. The molecular weight excluding hydrogens is 913 g/mol. The number of halogens is 2. The Morgan fingerprint density at radius 3 is 2.33 bits per heavy atom. The average molecular weight is 975 g/mol. The Kier molecular flexibility index (Phi) is 13.9. The molecule has 368 valence electrons. The first-order valence-corrected chi connectivity index (χ1v) is 25.7. The van der Waals surface area contributed by atoms with Crippen molar-refractivity contribution in [2.45, 2.75) is 127 Å². The van der Waals surface area contributed by atoms with Gasteiger partial charge in [-0.05, 0) is 150 Å². The zero-order valence-corrected chi connectivity index (χ0v) is 40.4. The largest absolute Gasteiger partial charge is 0.489 e. The van der Waals surface area contributed by atoms with Gasteiger partial charge in [0.2, 0.25) is 23.6 Å². The van der Waals surface area contributed by atoms with E-state index < -0.39 is 29.7 Å². The molecule has 5 fully saturated rings. The minimum atomic E-state index is -1.01. The number of aromatic nitrogens is 1. The minimum Gasteiger partial charge on any atom is -0.489 e. The summed E-state index contributed by atoms with van der Waals surface area (Å²) in [5.74, 6) is -1.28. The van der Waals surface area contributed by atoms with Crippen molar-refractivity contribution < 1.29 is 37.9 Å². The van der Waals surface area contributed by atoms with Gasteiger partial charge in [-0.25, -0.2) is 4.39 Å². The van der Waals surface area contributed by atoms with Crippen LogP contribution in [0.3, 0.4) is 0 Å². The van der Waals surface area contributed by atoms with E-state index in [4.69, 9.17) is 16.3 Å². The second kappa shape index (κ2) is 20.4. The number of rotatable bonds is 11. The molecule has 3 aromatic carbocycles. The number of hydrogen-bond donors (Lipinski definition) is 3. The van der Waals surface area contributed by atoms with E-state index in [0.717, 1.165) is 98.7 Å². The predicted molar refractivity (Wildman–Crippen MR) is 263 cm³/mol. The second-order valence-electron chi connectivity index (χ2n) is 20.4. The van der Waals surface area contributed by atoms with E-state index in [0.29, 0.717) is 60.0 Å². The highest BCUT2D eigenvalue weighted by molar-refractivity contribution is 6.32. The zero-order chi connectivity index (χ0) is 48.6. The number of carbonyl (C=O) groups excluding carboxylic acids is 6. The maximum absolute atomic E-state index is 14.1. The number of amides is 6. The summed E-state index contributed by atoms with van der Waals surface area (Å²) >= 11 is 6.62. The molecule has 10 rings (SSSR count). The Bertz CT molecular complexity index is 2690. The van der Waals surface area contributed by atoms with Gasteiger partial charge in [0, 0.05) is 85.3 Å². The molecular formula is C54H61ClFN7O7. The highest BCUT2D eigenvalue weighted by Gasteiger charge is 2.46. The molecule has 0 spiro atoms. The summed E-state index contributed by atoms with van der Waals surface area (Å²) in [6.07, 6.45) is 12.3. The fourth-order valence-electron chi connectivity index (χ4n) is 12.2. The van der Waals surface area contributed by atoms with Gasteiger partial charge in [0.1, 0.15) is 23.7 Å². The van der Waals surface area contributed by atoms with Gasteiger partial charge in [0.05, 0.1) is 21.7 Å². The first kappa shape index (κ1) is 47.7. The molecule has 6 amide bonds. The van der Waals surface area contributed by atoms with E-state index in [2.05, 4.69) is 25.8 Å². The van der Waals surface area contributed by atoms with E-state index in [-0.39, 0.29) is 71.5 Å². The Morgan fingerprint density at radius 2 is 1.59 bits per heavy atom. The number of hydrogen-bond acceptors (Lipinski definition) is 10. The maximum Gasteiger partial charge on any atom is 0.264 e. The standard InChI is InChI=1S/C54H61ClFN7O7/c1-31(32-5-7-33(8-6-32)40-19-24-57-44-16-9-35(56)29-42(40)44)50(65)59-37-12-15-43(55)47(30-37)70-39-22-27-62(28-23-39)52(67)34-20-25-61(26-21-34)38-13-10-36(11-14-38)58-45-4-2-3-41-49(45)54(69)63(53(41)68)46-17-18-48(64)60-51(46)66/h2-4,9,12,15-16,19,24,29-34,36,38-39,46,58H,5-8,10-11,13-14,17-18,20-23,25-28H2,1H3,(H,59,65)(H,60,64,66)/t31-,32-,33+,36?,38?,46?/m1/s1. The fourth-order valence-corrected chi connectivity index (χ4v) is 12.3. The molecule has 4 aromatic rings. The molecule has 6 aliphatic rings. The van der Waals surface area contributed by atoms with Gasteiger partial charge in [-0.15, -0.1) is 0 Å². The lowest BCUT2D eigenvalue weighted by Gasteiger charge is -2.42. The third-order valence-corrected chi connectivity index (χ3v) is 16.5. The van der Waals surface area contributed by atoms with Crippen molar-refractivity contribution in [3.05, 3.63) is 94.4 Å². The van der Waals surface area contributed by atoms with Crippen LogP contribution in [0, 0.1) is 23.6 Å². The average Bonchev–Trinajstić information content (AvgIpc) is 3.63. The van der Waals surface area contributed by atoms with Crippen LogP contribution in [0.2, 0.25) is 5.02 Å². The van der Waals surface area contributed by atoms with E-state index >= 15 is 0 Å². The lowest BCUT2D eigenvalue weighted by molar-refractivity contribution is -0.139. The number of piperidine rings is 3. The number of nitrogens with one attached hydrogen (secondary N) is 3. The zero-order valence-electron chi connectivity index (χ0n) is 39.6. The van der Waals surface area contributed by atoms with Crippen LogP contribution in [0.25, 0.3) is 10.9 Å². The maximum atomic E-state index is 14.1. The number of ether oxygens (including phenoxy) is 1. The highest BCUT2D eigenvalue weighted by atomic mass is 35.5. The first-order valence-electron chi connectivity index (χ1n) is 25.3. The van der Waals surface area contributed by atoms with Crippen LogP contribution < -0.4 is 20.7 Å². The van der Waals surface area contributed by atoms with Crippen molar-refractivity contribution in [2.24, 2.45) is 17.8 Å². The van der Waals surface area contributed by atoms with E-state index in [9.17, 15) is 33.2 Å². The number of fused-ring (bicyclic) bond motifs is 2. The number of carbonyl (C=O) groups is 6. The van der Waals surface area contributed by atoms with Crippen molar-refractivity contribution >= 4 is 69.3 Å². The van der Waals surface area contributed by atoms with Gasteiger partial charge in [0.15, 0.2) is 0 Å². The van der Waals surface area contributed by atoms with Gasteiger partial charge in [-0.1, -0.05) is 24.6 Å². The molecule has 2 aliphatic carbocycles. The Labute approximate surface area is 412 Å². The number of imide groups is 2. The fraction of sp³-hybridized carbons (Fsp3) is 0.500. The summed E-state index contributed by atoms with van der Waals surface area (Å²) in [5, 5.41) is 10.2.